The average Bonchev–Trinajstić information content (AvgIpc) is 1.56. The lowest BCUT2D eigenvalue weighted by molar-refractivity contribution is -0.179. The summed E-state index contributed by atoms with van der Waals surface area (Å²) >= 11 is 5.96. The highest BCUT2D eigenvalue weighted by Crippen LogP contribution is 2.61. The number of imidazole rings is 1. The summed E-state index contributed by atoms with van der Waals surface area (Å²) in [7, 11) is 4.61. The highest BCUT2D eigenvalue weighted by atomic mass is 35.5. The van der Waals surface area contributed by atoms with E-state index in [0.29, 0.717) is 97.7 Å². The quantitative estimate of drug-likeness (QED) is 0.0357. The second-order valence-electron chi connectivity index (χ2n) is 43.4. The molecule has 10 N–H and O–H groups in total. The van der Waals surface area contributed by atoms with Crippen molar-refractivity contribution in [1.82, 2.24) is 79.9 Å². The number of halogens is 1. The maximum absolute atomic E-state index is 13.6. The molecule has 16 rings (SSSR count). The van der Waals surface area contributed by atoms with Gasteiger partial charge in [0.05, 0.1) is 45.2 Å². The monoisotopic (exact) mass is 1870 g/mol. The maximum Gasteiger partial charge on any atom is 0.327 e. The van der Waals surface area contributed by atoms with Gasteiger partial charge in [-0.05, 0) is 153 Å². The lowest BCUT2D eigenvalue weighted by atomic mass is 9.51. The van der Waals surface area contributed by atoms with Gasteiger partial charge in [0.1, 0.15) is 29.6 Å². The third-order valence-corrected chi connectivity index (χ3v) is 27.5. The number of carbonyl (C=O) groups is 12. The number of hydrogen-bond acceptors (Lipinski definition) is 18. The zero-order valence-electron chi connectivity index (χ0n) is 81.1. The van der Waals surface area contributed by atoms with E-state index in [4.69, 9.17) is 26.9 Å². The van der Waals surface area contributed by atoms with Crippen LogP contribution in [0.1, 0.15) is 216 Å². The van der Waals surface area contributed by atoms with Crippen molar-refractivity contribution in [3.63, 3.8) is 0 Å². The Kier molecular flexibility index (Phi) is 26.1. The SMILES string of the molecule is CN1C(=O)C2(C)CC(C)(C(=O)NCc3ccc(-n4nc(C(C)(C)C)cc4NC(=O)Nc4ccc(Cl)cc4)cc3)CC(C)(C2)C1=O.CN1C(=O)C2(C)CC(C)(C(=O)NCc3ccc(-n4nc(C(C)(C)C)cc4NC(=O)Nc4ccncn4)cc3)CC(C)(C2)C1=O.CN1C(=O)C2(C)CC(C)(C(=O)NCc3ccc(-n4nc(C(C)(C)C)cc4NC(=O)Nc4nc5ccccc5[nH]4)cc3)CC(C)(C2)C1=O. The predicted octanol–water partition coefficient (Wildman–Crippen LogP) is 16.2. The van der Waals surface area contributed by atoms with Gasteiger partial charge >= 0.3 is 18.1 Å². The van der Waals surface area contributed by atoms with Crippen LogP contribution in [0.4, 0.5) is 49.3 Å². The fourth-order valence-electron chi connectivity index (χ4n) is 21.7. The first-order valence-electron chi connectivity index (χ1n) is 45.6. The van der Waals surface area contributed by atoms with Gasteiger partial charge in [-0.25, -0.2) is 43.4 Å². The summed E-state index contributed by atoms with van der Waals surface area (Å²) < 4.78 is 5.02. The van der Waals surface area contributed by atoms with Crippen molar-refractivity contribution in [2.24, 2.45) is 48.7 Å². The number of para-hydroxylation sites is 2. The molecule has 0 spiro atoms. The molecule has 3 aliphatic heterocycles. The van der Waals surface area contributed by atoms with Gasteiger partial charge in [-0.15, -0.1) is 0 Å². The lowest BCUT2D eigenvalue weighted by Crippen LogP contribution is -2.63. The Labute approximate surface area is 796 Å². The molecular formula is C101H123ClN22O12. The highest BCUT2D eigenvalue weighted by Gasteiger charge is 2.66. The molecule has 6 unspecified atom stereocenters. The van der Waals surface area contributed by atoms with Gasteiger partial charge < -0.3 is 26.3 Å². The number of carbonyl (C=O) groups excluding carboxylic acids is 12. The summed E-state index contributed by atoms with van der Waals surface area (Å²) in [5.41, 5.74) is 1.35. The minimum Gasteiger partial charge on any atom is -0.352 e. The molecule has 3 aliphatic carbocycles. The Bertz CT molecular complexity index is 6260. The fourth-order valence-corrected chi connectivity index (χ4v) is 21.8. The molecule has 136 heavy (non-hydrogen) atoms. The summed E-state index contributed by atoms with van der Waals surface area (Å²) in [6.45, 7) is 36.0. The zero-order chi connectivity index (χ0) is 99.0. The third-order valence-electron chi connectivity index (χ3n) is 27.2. The lowest BCUT2D eigenvalue weighted by Gasteiger charge is -2.55. The van der Waals surface area contributed by atoms with Crippen LogP contribution in [0.15, 0.2) is 158 Å². The number of urea groups is 3. The Morgan fingerprint density at radius 2 is 0.691 bits per heavy atom. The van der Waals surface area contributed by atoms with Crippen LogP contribution >= 0.6 is 11.6 Å². The van der Waals surface area contributed by atoms with Crippen molar-refractivity contribution in [3.8, 4) is 17.1 Å². The van der Waals surface area contributed by atoms with Gasteiger partial charge in [-0.3, -0.25) is 84.4 Å². The number of nitrogens with one attached hydrogen (secondary N) is 10. The van der Waals surface area contributed by atoms with E-state index < -0.39 is 66.8 Å². The maximum atomic E-state index is 13.6. The Morgan fingerprint density at radius 1 is 0.382 bits per heavy atom. The van der Waals surface area contributed by atoms with Crippen LogP contribution < -0.4 is 47.9 Å². The number of hydrogen-bond donors (Lipinski definition) is 10. The molecular weight excluding hydrogens is 1750 g/mol. The van der Waals surface area contributed by atoms with Crippen LogP contribution in [-0.4, -0.2) is 156 Å². The van der Waals surface area contributed by atoms with E-state index in [1.54, 1.807) is 44.4 Å². The van der Waals surface area contributed by atoms with E-state index in [-0.39, 0.29) is 89.0 Å². The minimum atomic E-state index is -0.865. The second kappa shape index (κ2) is 36.1. The molecule has 6 bridgehead atoms. The van der Waals surface area contributed by atoms with E-state index in [1.807, 2.05) is 219 Å². The molecule has 35 heteroatoms. The van der Waals surface area contributed by atoms with Gasteiger partial charge in [0, 0.05) is 141 Å². The van der Waals surface area contributed by atoms with Crippen LogP contribution in [0, 0.1) is 48.7 Å². The van der Waals surface area contributed by atoms with Crippen molar-refractivity contribution in [2.45, 2.75) is 218 Å². The van der Waals surface area contributed by atoms with Gasteiger partial charge in [0.25, 0.3) is 0 Å². The summed E-state index contributed by atoms with van der Waals surface area (Å²) in [5.74, 6) is 0.326. The van der Waals surface area contributed by atoms with Gasteiger partial charge in [-0.2, -0.15) is 15.3 Å². The first kappa shape index (κ1) is 98.2. The minimum absolute atomic E-state index is 0.172. The van der Waals surface area contributed by atoms with E-state index in [0.717, 1.165) is 61.9 Å². The first-order valence-corrected chi connectivity index (χ1v) is 46.0. The molecule has 6 aliphatic rings. The molecule has 0 radical (unpaired) electrons. The number of aromatic amines is 1. The van der Waals surface area contributed by atoms with E-state index in [9.17, 15) is 57.5 Å². The Morgan fingerprint density at radius 3 is 0.993 bits per heavy atom. The van der Waals surface area contributed by atoms with E-state index in [2.05, 4.69) is 88.6 Å². The molecule has 3 saturated heterocycles. The normalized spacial score (nSPS) is 24.7. The van der Waals surface area contributed by atoms with Crippen LogP contribution in [0.2, 0.25) is 5.02 Å². The number of aromatic nitrogens is 10. The molecule has 716 valence electrons. The zero-order valence-corrected chi connectivity index (χ0v) is 81.9. The van der Waals surface area contributed by atoms with Crippen LogP contribution in [0.25, 0.3) is 28.1 Å². The number of rotatable bonds is 18. The topological polar surface area (TPSA) is 431 Å². The number of amides is 15. The number of anilines is 6. The summed E-state index contributed by atoms with van der Waals surface area (Å²) in [5, 5.41) is 41.0. The molecule has 3 saturated carbocycles. The number of nitrogens with zero attached hydrogens (tertiary/aromatic N) is 12. The molecule has 8 heterocycles. The van der Waals surface area contributed by atoms with Crippen molar-refractivity contribution in [2.75, 3.05) is 53.0 Å². The Hall–Kier alpha value is -13.8. The van der Waals surface area contributed by atoms with Crippen molar-refractivity contribution in [3.05, 3.63) is 197 Å². The van der Waals surface area contributed by atoms with Crippen LogP contribution in [0.3, 0.4) is 0 Å². The Balaban J connectivity index is 0.000000163. The molecule has 5 aromatic heterocycles. The highest BCUT2D eigenvalue weighted by molar-refractivity contribution is 6.30. The largest absolute Gasteiger partial charge is 0.352 e. The number of likely N-dealkylation sites (tertiary alicyclic amines) is 3. The standard InChI is InChI=1S/C35H42N8O4.C34H41ClN6O4.C32H40N8O4/c1-32(2,3)25-16-26(39-31(47)40-30-37-23-10-8-9-11-24(23)38-30)43(41-25)22-14-12-21(13-15-22)17-36-27(44)33(4)18-34(5)20-35(6,19-33)29(46)42(7)28(34)45;1-31(2,3)25-16-26(38-30(45)37-23-12-10-22(35)11-13-23)41(39-25)24-14-8-21(9-15-24)17-36-27(42)32(4)18-33(5)20-34(6,19-32)29(44)40(7)28(33)43;1-29(2,3)22-14-24(37-28(44)36-23-12-13-33-19-35-23)40(38-22)21-10-8-20(9-11-21)15-34-25(41)30(4)16-31(5)18-32(6,17-30)27(43)39(7)26(31)42/h8-16H,17-20H2,1-7H3,(H,36,44)(H3,37,38,39,40,47);8-16H,17-20H2,1-7H3,(H,36,42)(H2,37,38,45);8-14,19H,15-18H2,1-7H3,(H,34,41)(H2,33,35,36,37,44). The third kappa shape index (κ3) is 20.3. The number of piperidine rings is 3. The average molecular weight is 1870 g/mol. The van der Waals surface area contributed by atoms with Gasteiger partial charge in [-0.1, -0.05) is 185 Å². The van der Waals surface area contributed by atoms with Gasteiger partial charge in [0.2, 0.25) is 59.1 Å². The number of fused-ring (bicyclic) bond motifs is 7. The van der Waals surface area contributed by atoms with Crippen LogP contribution in [0.5, 0.6) is 0 Å². The van der Waals surface area contributed by atoms with E-state index in [1.165, 1.54) is 48.4 Å². The molecule has 15 amide bonds. The predicted molar refractivity (Wildman–Crippen MR) is 518 cm³/mol. The number of imide groups is 3. The molecule has 6 fully saturated rings. The van der Waals surface area contributed by atoms with Crippen LogP contribution in [-0.2, 0) is 79.0 Å². The molecule has 6 atom stereocenters. The fraction of sp³-hybridized carbons (Fsp3) is 0.446. The number of H-pyrrole nitrogens is 1. The molecule has 34 nitrogen and oxygen atoms in total. The smallest absolute Gasteiger partial charge is 0.327 e. The molecule has 10 aromatic rings. The molecule has 5 aromatic carbocycles. The number of benzene rings is 5. The van der Waals surface area contributed by atoms with Crippen molar-refractivity contribution >= 4 is 129 Å². The van der Waals surface area contributed by atoms with E-state index >= 15 is 0 Å². The first-order chi connectivity index (χ1) is 63.4. The summed E-state index contributed by atoms with van der Waals surface area (Å²) in [6, 6.07) is 42.8. The summed E-state index contributed by atoms with van der Waals surface area (Å²) in [4.78, 5) is 177. The van der Waals surface area contributed by atoms with Crippen molar-refractivity contribution in [1.29, 1.82) is 0 Å². The van der Waals surface area contributed by atoms with Gasteiger partial charge in [0.15, 0.2) is 0 Å². The van der Waals surface area contributed by atoms with Crippen molar-refractivity contribution < 1.29 is 57.5 Å². The summed E-state index contributed by atoms with van der Waals surface area (Å²) in [6.07, 6.45) is 6.54. The second-order valence-corrected chi connectivity index (χ2v) is 43.8.